The van der Waals surface area contributed by atoms with Crippen LogP contribution in [0, 0.1) is 16.0 Å². The maximum atomic E-state index is 11.1. The summed E-state index contributed by atoms with van der Waals surface area (Å²) in [7, 11) is 0. The van der Waals surface area contributed by atoms with E-state index in [1.807, 2.05) is 24.3 Å². The fourth-order valence-electron chi connectivity index (χ4n) is 2.93. The molecule has 2 aromatic rings. The summed E-state index contributed by atoms with van der Waals surface area (Å²) in [5, 5.41) is 14.4. The highest BCUT2D eigenvalue weighted by atomic mass is 79.9. The summed E-state index contributed by atoms with van der Waals surface area (Å²) in [5.74, 6) is 0.485. The molecule has 6 heteroatoms. The van der Waals surface area contributed by atoms with Crippen LogP contribution in [0.15, 0.2) is 53.0 Å². The van der Waals surface area contributed by atoms with E-state index in [0.29, 0.717) is 16.1 Å². The van der Waals surface area contributed by atoms with E-state index in [2.05, 4.69) is 38.3 Å². The topological polar surface area (TPSA) is 58.4 Å². The molecule has 0 radical (unpaired) electrons. The highest BCUT2D eigenvalue weighted by Crippen LogP contribution is 2.29. The molecule has 23 heavy (non-hydrogen) atoms. The van der Waals surface area contributed by atoms with Crippen molar-refractivity contribution in [3.8, 4) is 0 Å². The van der Waals surface area contributed by atoms with Gasteiger partial charge in [0.05, 0.1) is 4.92 Å². The van der Waals surface area contributed by atoms with Crippen LogP contribution in [0.1, 0.15) is 6.42 Å². The Kier molecular flexibility index (Phi) is 4.81. The number of hydrogen-bond acceptors (Lipinski definition) is 4. The number of nitro groups is 1. The normalized spacial score (nSPS) is 17.3. The van der Waals surface area contributed by atoms with Gasteiger partial charge in [-0.15, -0.1) is 0 Å². The van der Waals surface area contributed by atoms with E-state index in [0.717, 1.165) is 26.1 Å². The lowest BCUT2D eigenvalue weighted by Gasteiger charge is -2.19. The van der Waals surface area contributed by atoms with Crippen LogP contribution < -0.4 is 10.2 Å². The summed E-state index contributed by atoms with van der Waals surface area (Å²) in [6.07, 6.45) is 1.09. The van der Waals surface area contributed by atoms with E-state index in [4.69, 9.17) is 0 Å². The largest absolute Gasteiger partial charge is 0.379 e. The molecule has 1 saturated heterocycles. The van der Waals surface area contributed by atoms with E-state index in [9.17, 15) is 10.1 Å². The molecule has 0 spiro atoms. The Bertz CT molecular complexity index is 693. The van der Waals surface area contributed by atoms with Crippen molar-refractivity contribution in [1.29, 1.82) is 0 Å². The van der Waals surface area contributed by atoms with E-state index in [1.165, 1.54) is 11.8 Å². The predicted molar refractivity (Wildman–Crippen MR) is 96.0 cm³/mol. The first-order valence-corrected chi connectivity index (χ1v) is 8.40. The van der Waals surface area contributed by atoms with Crippen molar-refractivity contribution in [2.24, 2.45) is 5.92 Å². The molecule has 0 saturated carbocycles. The van der Waals surface area contributed by atoms with Gasteiger partial charge in [-0.1, -0.05) is 34.1 Å². The summed E-state index contributed by atoms with van der Waals surface area (Å²) >= 11 is 3.28. The Morgan fingerprint density at radius 1 is 1.26 bits per heavy atom. The Morgan fingerprint density at radius 3 is 2.78 bits per heavy atom. The lowest BCUT2D eigenvalue weighted by Crippen LogP contribution is -2.22. The van der Waals surface area contributed by atoms with Gasteiger partial charge in [0.1, 0.15) is 5.69 Å². The summed E-state index contributed by atoms with van der Waals surface area (Å²) < 4.78 is 0.714. The third-order valence-corrected chi connectivity index (χ3v) is 4.64. The van der Waals surface area contributed by atoms with Crippen LogP contribution in [-0.2, 0) is 0 Å². The lowest BCUT2D eigenvalue weighted by molar-refractivity contribution is -0.384. The standard InChI is InChI=1S/C17H18BrN3O2/c18-14-6-7-16(17(10-14)21(22)23)19-11-13-8-9-20(12-13)15-4-2-1-3-5-15/h1-7,10,13,19H,8-9,11-12H2. The average molecular weight is 376 g/mol. The molecule has 1 unspecified atom stereocenters. The van der Waals surface area contributed by atoms with Crippen molar-refractivity contribution in [2.45, 2.75) is 6.42 Å². The SMILES string of the molecule is O=[N+]([O-])c1cc(Br)ccc1NCC1CCN(c2ccccc2)C1. The first kappa shape index (κ1) is 15.8. The van der Waals surface area contributed by atoms with Gasteiger partial charge in [0.25, 0.3) is 5.69 Å². The molecule has 0 aromatic heterocycles. The third kappa shape index (κ3) is 3.82. The second-order valence-electron chi connectivity index (χ2n) is 5.74. The Hall–Kier alpha value is -2.08. The number of rotatable bonds is 5. The van der Waals surface area contributed by atoms with Crippen LogP contribution in [0.3, 0.4) is 0 Å². The van der Waals surface area contributed by atoms with Crippen molar-refractivity contribution in [3.05, 3.63) is 63.1 Å². The first-order chi connectivity index (χ1) is 11.1. The van der Waals surface area contributed by atoms with E-state index in [-0.39, 0.29) is 10.6 Å². The number of hydrogen-bond donors (Lipinski definition) is 1. The minimum Gasteiger partial charge on any atom is -0.379 e. The highest BCUT2D eigenvalue weighted by molar-refractivity contribution is 9.10. The molecule has 1 aliphatic heterocycles. The van der Waals surface area contributed by atoms with Gasteiger partial charge in [0, 0.05) is 35.9 Å². The molecule has 3 rings (SSSR count). The van der Waals surface area contributed by atoms with Crippen LogP contribution >= 0.6 is 15.9 Å². The molecule has 2 aromatic carbocycles. The summed E-state index contributed by atoms with van der Waals surface area (Å²) in [6.45, 7) is 2.74. The fourth-order valence-corrected chi connectivity index (χ4v) is 3.28. The van der Waals surface area contributed by atoms with Crippen molar-refractivity contribution >= 4 is 33.0 Å². The zero-order valence-electron chi connectivity index (χ0n) is 12.6. The van der Waals surface area contributed by atoms with E-state index in [1.54, 1.807) is 6.07 Å². The fraction of sp³-hybridized carbons (Fsp3) is 0.294. The minimum atomic E-state index is -0.349. The Balaban J connectivity index is 1.61. The Labute approximate surface area is 143 Å². The van der Waals surface area contributed by atoms with Gasteiger partial charge >= 0.3 is 0 Å². The first-order valence-electron chi connectivity index (χ1n) is 7.61. The molecule has 1 fully saturated rings. The van der Waals surface area contributed by atoms with Gasteiger partial charge < -0.3 is 10.2 Å². The number of nitro benzene ring substituents is 1. The third-order valence-electron chi connectivity index (χ3n) is 4.14. The highest BCUT2D eigenvalue weighted by Gasteiger charge is 2.23. The molecule has 1 N–H and O–H groups in total. The predicted octanol–water partition coefficient (Wildman–Crippen LogP) is 4.30. The van der Waals surface area contributed by atoms with Crippen LogP contribution in [0.2, 0.25) is 0 Å². The molecular formula is C17H18BrN3O2. The molecular weight excluding hydrogens is 358 g/mol. The van der Waals surface area contributed by atoms with Crippen molar-refractivity contribution in [3.63, 3.8) is 0 Å². The summed E-state index contributed by atoms with van der Waals surface area (Å²) in [5.41, 5.74) is 1.93. The summed E-state index contributed by atoms with van der Waals surface area (Å²) in [6, 6.07) is 15.5. The van der Waals surface area contributed by atoms with Gasteiger partial charge in [0.15, 0.2) is 0 Å². The van der Waals surface area contributed by atoms with Gasteiger partial charge in [-0.2, -0.15) is 0 Å². The van der Waals surface area contributed by atoms with Crippen LogP contribution in [0.25, 0.3) is 0 Å². The molecule has 5 nitrogen and oxygen atoms in total. The smallest absolute Gasteiger partial charge is 0.293 e. The second kappa shape index (κ2) is 7.00. The average Bonchev–Trinajstić information content (AvgIpc) is 3.03. The maximum absolute atomic E-state index is 11.1. The Morgan fingerprint density at radius 2 is 2.04 bits per heavy atom. The van der Waals surface area contributed by atoms with Crippen LogP contribution in [0.4, 0.5) is 17.1 Å². The summed E-state index contributed by atoms with van der Waals surface area (Å²) in [4.78, 5) is 13.2. The number of nitrogens with one attached hydrogen (secondary N) is 1. The number of anilines is 2. The number of nitrogens with zero attached hydrogens (tertiary/aromatic N) is 2. The maximum Gasteiger partial charge on any atom is 0.293 e. The van der Waals surface area contributed by atoms with Gasteiger partial charge in [0.2, 0.25) is 0 Å². The molecule has 1 heterocycles. The van der Waals surface area contributed by atoms with Gasteiger partial charge in [-0.3, -0.25) is 10.1 Å². The molecule has 120 valence electrons. The molecule has 1 atom stereocenters. The van der Waals surface area contributed by atoms with E-state index < -0.39 is 0 Å². The van der Waals surface area contributed by atoms with E-state index >= 15 is 0 Å². The quantitative estimate of drug-likeness (QED) is 0.625. The lowest BCUT2D eigenvalue weighted by atomic mass is 10.1. The monoisotopic (exact) mass is 375 g/mol. The minimum absolute atomic E-state index is 0.109. The van der Waals surface area contributed by atoms with Gasteiger partial charge in [-0.25, -0.2) is 0 Å². The van der Waals surface area contributed by atoms with Crippen LogP contribution in [-0.4, -0.2) is 24.6 Å². The zero-order valence-corrected chi connectivity index (χ0v) is 14.2. The van der Waals surface area contributed by atoms with Crippen molar-refractivity contribution in [1.82, 2.24) is 0 Å². The van der Waals surface area contributed by atoms with Crippen molar-refractivity contribution in [2.75, 3.05) is 29.9 Å². The van der Waals surface area contributed by atoms with Crippen LogP contribution in [0.5, 0.6) is 0 Å². The van der Waals surface area contributed by atoms with Gasteiger partial charge in [-0.05, 0) is 36.6 Å². The number of benzene rings is 2. The molecule has 1 aliphatic rings. The molecule has 0 amide bonds. The second-order valence-corrected chi connectivity index (χ2v) is 6.65. The van der Waals surface area contributed by atoms with Crippen molar-refractivity contribution < 1.29 is 4.92 Å². The molecule has 0 aliphatic carbocycles. The number of para-hydroxylation sites is 1. The zero-order chi connectivity index (χ0) is 16.2. The molecule has 0 bridgehead atoms. The number of halogens is 1.